The van der Waals surface area contributed by atoms with Gasteiger partial charge in [-0.05, 0) is 51.3 Å². The Morgan fingerprint density at radius 2 is 2.00 bits per heavy atom. The molecule has 0 spiro atoms. The summed E-state index contributed by atoms with van der Waals surface area (Å²) in [5.41, 5.74) is 2.59. The highest BCUT2D eigenvalue weighted by molar-refractivity contribution is 5.95. The van der Waals surface area contributed by atoms with Gasteiger partial charge in [-0.25, -0.2) is 9.59 Å². The SMILES string of the molecule is COC(=O)c1cnc(C)cc1C1=CCN(C(=O)OC(C)(C)C)CC1. The van der Waals surface area contributed by atoms with Gasteiger partial charge in [0, 0.05) is 25.0 Å². The van der Waals surface area contributed by atoms with Crippen LogP contribution in [-0.4, -0.2) is 47.7 Å². The average Bonchev–Trinajstić information content (AvgIpc) is 2.52. The molecule has 0 N–H and O–H groups in total. The topological polar surface area (TPSA) is 68.7 Å². The number of methoxy groups -OCH3 is 1. The fourth-order valence-corrected chi connectivity index (χ4v) is 2.50. The summed E-state index contributed by atoms with van der Waals surface area (Å²) in [5.74, 6) is -0.409. The van der Waals surface area contributed by atoms with Crippen LogP contribution in [0.5, 0.6) is 0 Å². The molecule has 0 fully saturated rings. The van der Waals surface area contributed by atoms with Gasteiger partial charge >= 0.3 is 12.1 Å². The molecule has 1 aliphatic rings. The Hall–Kier alpha value is -2.37. The molecule has 0 saturated heterocycles. The lowest BCUT2D eigenvalue weighted by molar-refractivity contribution is 0.0270. The van der Waals surface area contributed by atoms with Gasteiger partial charge in [0.2, 0.25) is 0 Å². The third-order valence-corrected chi connectivity index (χ3v) is 3.65. The van der Waals surface area contributed by atoms with Crippen LogP contribution >= 0.6 is 0 Å². The highest BCUT2D eigenvalue weighted by atomic mass is 16.6. The van der Waals surface area contributed by atoms with E-state index in [0.717, 1.165) is 16.8 Å². The zero-order valence-corrected chi connectivity index (χ0v) is 14.9. The van der Waals surface area contributed by atoms with E-state index in [2.05, 4.69) is 4.98 Å². The number of aryl methyl sites for hydroxylation is 1. The number of nitrogens with zero attached hydrogens (tertiary/aromatic N) is 2. The summed E-state index contributed by atoms with van der Waals surface area (Å²) in [4.78, 5) is 29.9. The largest absolute Gasteiger partial charge is 0.465 e. The van der Waals surface area contributed by atoms with Crippen LogP contribution < -0.4 is 0 Å². The first-order chi connectivity index (χ1) is 11.2. The molecule has 0 atom stereocenters. The number of rotatable bonds is 2. The second-order valence-electron chi connectivity index (χ2n) is 6.77. The van der Waals surface area contributed by atoms with Gasteiger partial charge in [-0.3, -0.25) is 4.98 Å². The quantitative estimate of drug-likeness (QED) is 0.778. The molecule has 0 bridgehead atoms. The van der Waals surface area contributed by atoms with Crippen molar-refractivity contribution >= 4 is 17.6 Å². The number of amides is 1. The van der Waals surface area contributed by atoms with Crippen LogP contribution in [0.1, 0.15) is 48.8 Å². The van der Waals surface area contributed by atoms with E-state index in [1.165, 1.54) is 13.3 Å². The van der Waals surface area contributed by atoms with Crippen molar-refractivity contribution in [3.8, 4) is 0 Å². The summed E-state index contributed by atoms with van der Waals surface area (Å²) in [5, 5.41) is 0. The van der Waals surface area contributed by atoms with Crippen LogP contribution in [0.15, 0.2) is 18.3 Å². The smallest absolute Gasteiger partial charge is 0.410 e. The van der Waals surface area contributed by atoms with Crippen molar-refractivity contribution in [2.24, 2.45) is 0 Å². The predicted octanol–water partition coefficient (Wildman–Crippen LogP) is 3.20. The Morgan fingerprint density at radius 3 is 2.54 bits per heavy atom. The molecule has 0 radical (unpaired) electrons. The van der Waals surface area contributed by atoms with Crippen LogP contribution in [0.3, 0.4) is 0 Å². The zero-order valence-electron chi connectivity index (χ0n) is 14.9. The van der Waals surface area contributed by atoms with Crippen LogP contribution in [0.2, 0.25) is 0 Å². The Morgan fingerprint density at radius 1 is 1.29 bits per heavy atom. The molecular weight excluding hydrogens is 308 g/mol. The summed E-state index contributed by atoms with van der Waals surface area (Å²) in [7, 11) is 1.35. The maximum absolute atomic E-state index is 12.1. The molecule has 1 aliphatic heterocycles. The molecule has 1 aromatic heterocycles. The van der Waals surface area contributed by atoms with Crippen LogP contribution in [0.25, 0.3) is 5.57 Å². The highest BCUT2D eigenvalue weighted by Crippen LogP contribution is 2.27. The van der Waals surface area contributed by atoms with Gasteiger partial charge in [0.1, 0.15) is 5.60 Å². The first-order valence-electron chi connectivity index (χ1n) is 7.93. The van der Waals surface area contributed by atoms with Crippen molar-refractivity contribution in [3.05, 3.63) is 35.2 Å². The third-order valence-electron chi connectivity index (χ3n) is 3.65. The number of aromatic nitrogens is 1. The lowest BCUT2D eigenvalue weighted by Crippen LogP contribution is -2.39. The van der Waals surface area contributed by atoms with Gasteiger partial charge in [0.15, 0.2) is 0 Å². The second kappa shape index (κ2) is 7.03. The Kier molecular flexibility index (Phi) is 5.26. The predicted molar refractivity (Wildman–Crippen MR) is 90.7 cm³/mol. The number of esters is 1. The standard InChI is InChI=1S/C18H24N2O4/c1-12-10-14(15(11-19-12)16(21)23-5)13-6-8-20(9-7-13)17(22)24-18(2,3)4/h6,10-11H,7-9H2,1-5H3. The number of hydrogen-bond acceptors (Lipinski definition) is 5. The first-order valence-corrected chi connectivity index (χ1v) is 7.93. The van der Waals surface area contributed by atoms with Crippen LogP contribution in [0.4, 0.5) is 4.79 Å². The van der Waals surface area contributed by atoms with Gasteiger partial charge in [-0.15, -0.1) is 0 Å². The first kappa shape index (κ1) is 18.0. The summed E-state index contributed by atoms with van der Waals surface area (Å²) < 4.78 is 10.2. The van der Waals surface area contributed by atoms with E-state index in [9.17, 15) is 9.59 Å². The van der Waals surface area contributed by atoms with Crippen molar-refractivity contribution in [3.63, 3.8) is 0 Å². The van der Waals surface area contributed by atoms with Crippen molar-refractivity contribution in [2.75, 3.05) is 20.2 Å². The molecule has 6 heteroatoms. The molecule has 0 aliphatic carbocycles. The van der Waals surface area contributed by atoms with Gasteiger partial charge in [0.05, 0.1) is 12.7 Å². The third kappa shape index (κ3) is 4.34. The molecule has 130 valence electrons. The summed E-state index contributed by atoms with van der Waals surface area (Å²) in [6.45, 7) is 8.41. The number of hydrogen-bond donors (Lipinski definition) is 0. The fraction of sp³-hybridized carbons (Fsp3) is 0.500. The maximum Gasteiger partial charge on any atom is 0.410 e. The van der Waals surface area contributed by atoms with Gasteiger partial charge < -0.3 is 14.4 Å². The Labute approximate surface area is 142 Å². The van der Waals surface area contributed by atoms with E-state index in [1.54, 1.807) is 4.90 Å². The van der Waals surface area contributed by atoms with Gasteiger partial charge in [-0.1, -0.05) is 6.08 Å². The molecule has 6 nitrogen and oxygen atoms in total. The van der Waals surface area contributed by atoms with E-state index in [-0.39, 0.29) is 6.09 Å². The van der Waals surface area contributed by atoms with E-state index >= 15 is 0 Å². The van der Waals surface area contributed by atoms with Gasteiger partial charge in [0.25, 0.3) is 0 Å². The Balaban J connectivity index is 2.20. The van der Waals surface area contributed by atoms with E-state index in [1.807, 2.05) is 39.8 Å². The Bertz CT molecular complexity index is 674. The molecular formula is C18H24N2O4. The van der Waals surface area contributed by atoms with Crippen LogP contribution in [0, 0.1) is 6.92 Å². The lowest BCUT2D eigenvalue weighted by Gasteiger charge is -2.30. The second-order valence-corrected chi connectivity index (χ2v) is 6.77. The lowest BCUT2D eigenvalue weighted by atomic mass is 9.95. The van der Waals surface area contributed by atoms with Crippen molar-refractivity contribution in [1.82, 2.24) is 9.88 Å². The molecule has 1 aromatic rings. The number of ether oxygens (including phenoxy) is 2. The number of carbonyl (C=O) groups is 2. The van der Waals surface area contributed by atoms with E-state index < -0.39 is 11.6 Å². The van der Waals surface area contributed by atoms with Crippen molar-refractivity contribution in [1.29, 1.82) is 0 Å². The zero-order chi connectivity index (χ0) is 17.9. The normalized spacial score (nSPS) is 14.9. The highest BCUT2D eigenvalue weighted by Gasteiger charge is 2.25. The van der Waals surface area contributed by atoms with Crippen LogP contribution in [-0.2, 0) is 9.47 Å². The summed E-state index contributed by atoms with van der Waals surface area (Å²) in [6, 6.07) is 1.88. The minimum Gasteiger partial charge on any atom is -0.465 e. The van der Waals surface area contributed by atoms with E-state index in [0.29, 0.717) is 25.1 Å². The molecule has 24 heavy (non-hydrogen) atoms. The molecule has 0 unspecified atom stereocenters. The fourth-order valence-electron chi connectivity index (χ4n) is 2.50. The summed E-state index contributed by atoms with van der Waals surface area (Å²) >= 11 is 0. The van der Waals surface area contributed by atoms with Crippen molar-refractivity contribution < 1.29 is 19.1 Å². The monoisotopic (exact) mass is 332 g/mol. The van der Waals surface area contributed by atoms with E-state index in [4.69, 9.17) is 9.47 Å². The van der Waals surface area contributed by atoms with Crippen molar-refractivity contribution in [2.45, 2.75) is 39.7 Å². The maximum atomic E-state index is 12.1. The molecule has 2 rings (SSSR count). The minimum atomic E-state index is -0.513. The molecule has 1 amide bonds. The number of pyridine rings is 1. The molecule has 0 saturated carbocycles. The number of carbonyl (C=O) groups excluding carboxylic acids is 2. The molecule has 2 heterocycles. The minimum absolute atomic E-state index is 0.322. The van der Waals surface area contributed by atoms with Gasteiger partial charge in [-0.2, -0.15) is 0 Å². The summed E-state index contributed by atoms with van der Waals surface area (Å²) in [6.07, 6.45) is 3.82. The average molecular weight is 332 g/mol. The molecule has 0 aromatic carbocycles.